The molecule has 0 unspecified atom stereocenters. The number of carbonyl (C=O) groups is 8. The van der Waals surface area contributed by atoms with E-state index in [0.29, 0.717) is 5.56 Å². The summed E-state index contributed by atoms with van der Waals surface area (Å²) >= 11 is 0. The van der Waals surface area contributed by atoms with Crippen molar-refractivity contribution < 1.29 is 48.6 Å². The zero-order valence-corrected chi connectivity index (χ0v) is 36.7. The second-order valence-electron chi connectivity index (χ2n) is 15.8. The fourth-order valence-electron chi connectivity index (χ4n) is 5.99. The van der Waals surface area contributed by atoms with Gasteiger partial charge in [0.2, 0.25) is 47.3 Å². The van der Waals surface area contributed by atoms with E-state index < -0.39 is 108 Å². The number of nitrogens with one attached hydrogen (secondary N) is 6. The van der Waals surface area contributed by atoms with Gasteiger partial charge in [0, 0.05) is 19.5 Å². The first-order valence-electron chi connectivity index (χ1n) is 20.6. The van der Waals surface area contributed by atoms with Crippen molar-refractivity contribution in [2.45, 2.75) is 115 Å². The van der Waals surface area contributed by atoms with Gasteiger partial charge in [-0.25, -0.2) is 0 Å². The summed E-state index contributed by atoms with van der Waals surface area (Å²) in [5.41, 5.74) is 38.5. The summed E-state index contributed by atoms with van der Waals surface area (Å²) in [5, 5.41) is 34.7. The summed E-state index contributed by atoms with van der Waals surface area (Å²) in [7, 11) is 0. The maximum atomic E-state index is 14.2. The van der Waals surface area contributed by atoms with Crippen molar-refractivity contribution in [2.75, 3.05) is 19.7 Å². The highest BCUT2D eigenvalue weighted by atomic mass is 16.3. The number of rotatable bonds is 29. The molecule has 1 aromatic carbocycles. The monoisotopic (exact) mass is 906 g/mol. The average Bonchev–Trinajstić information content (AvgIpc) is 3.20. The molecule has 0 saturated carbocycles. The normalized spacial score (nSPS) is 14.2. The molecule has 1 aromatic rings. The number of nitrogens with two attached hydrogens (primary N) is 7. The van der Waals surface area contributed by atoms with Gasteiger partial charge < -0.3 is 82.2 Å². The van der Waals surface area contributed by atoms with Crippen molar-refractivity contribution in [1.82, 2.24) is 31.9 Å². The Labute approximate surface area is 371 Å². The molecular formula is C39H67N15O10. The number of primary amides is 2. The van der Waals surface area contributed by atoms with Gasteiger partial charge in [0.15, 0.2) is 11.9 Å². The Hall–Kier alpha value is -6.76. The quantitative estimate of drug-likeness (QED) is 0.0202. The van der Waals surface area contributed by atoms with Crippen LogP contribution in [0.15, 0.2) is 34.3 Å². The Morgan fingerprint density at radius 2 is 1.03 bits per heavy atom. The van der Waals surface area contributed by atoms with Crippen LogP contribution in [0.2, 0.25) is 0 Å². The second kappa shape index (κ2) is 28.0. The summed E-state index contributed by atoms with van der Waals surface area (Å²) in [6.07, 6.45) is -0.386. The van der Waals surface area contributed by atoms with Gasteiger partial charge in [-0.3, -0.25) is 48.3 Å². The number of aromatic hydroxyl groups is 1. The number of aliphatic imine (C=N–C) groups is 2. The lowest BCUT2D eigenvalue weighted by molar-refractivity contribution is -0.136. The number of amides is 8. The summed E-state index contributed by atoms with van der Waals surface area (Å²) in [4.78, 5) is 113. The van der Waals surface area contributed by atoms with Gasteiger partial charge >= 0.3 is 0 Å². The summed E-state index contributed by atoms with van der Waals surface area (Å²) < 4.78 is 0. The highest BCUT2D eigenvalue weighted by molar-refractivity contribution is 5.97. The van der Waals surface area contributed by atoms with Crippen LogP contribution in [0, 0.1) is 11.8 Å². The zero-order chi connectivity index (χ0) is 48.7. The Morgan fingerprint density at radius 3 is 1.48 bits per heavy atom. The number of aliphatic hydroxyl groups excluding tert-OH is 1. The topological polar surface area (TPSA) is 456 Å². The van der Waals surface area contributed by atoms with Crippen molar-refractivity contribution in [1.29, 1.82) is 0 Å². The number of hydrogen-bond donors (Lipinski definition) is 15. The van der Waals surface area contributed by atoms with Crippen molar-refractivity contribution in [2.24, 2.45) is 62.0 Å². The number of phenolic OH excluding ortho intramolecular Hbond substituents is 1. The first-order chi connectivity index (χ1) is 29.9. The minimum atomic E-state index is -1.47. The third-order valence-electron chi connectivity index (χ3n) is 9.35. The molecule has 0 aliphatic carbocycles. The second-order valence-corrected chi connectivity index (χ2v) is 15.8. The van der Waals surface area contributed by atoms with E-state index in [0.717, 1.165) is 0 Å². The molecule has 25 heteroatoms. The molecule has 64 heavy (non-hydrogen) atoms. The lowest BCUT2D eigenvalue weighted by Crippen LogP contribution is -2.61. The van der Waals surface area contributed by atoms with E-state index >= 15 is 0 Å². The van der Waals surface area contributed by atoms with Crippen LogP contribution >= 0.6 is 0 Å². The minimum Gasteiger partial charge on any atom is -0.508 e. The molecule has 0 aromatic heterocycles. The van der Waals surface area contributed by atoms with Crippen LogP contribution < -0.4 is 72.0 Å². The molecule has 0 heterocycles. The molecule has 25 nitrogen and oxygen atoms in total. The van der Waals surface area contributed by atoms with E-state index in [4.69, 9.17) is 40.1 Å². The number of nitrogens with zero attached hydrogens (tertiary/aromatic N) is 2. The molecule has 1 rings (SSSR count). The van der Waals surface area contributed by atoms with Crippen LogP contribution in [-0.4, -0.2) is 131 Å². The molecule has 7 atom stereocenters. The van der Waals surface area contributed by atoms with E-state index in [1.807, 2.05) is 0 Å². The highest BCUT2D eigenvalue weighted by Gasteiger charge is 2.35. The Bertz CT molecular complexity index is 1800. The first kappa shape index (κ1) is 55.3. The standard InChI is InChI=1S/C39H67N15O10/c1-19(2)15-26(51-32(59)23(40)17-29(41)57)35(62)52-27(16-21-9-11-22(56)12-10-21)36(63)49-25(8-6-14-48-39(45)46)34(61)54-30(20(3)4)37(64)50-24(7-5-13-47-38(43)44)33(60)53-28(18-55)31(42)58/h9-12,19-20,23-28,30,55-56H,5-8,13-18,40H2,1-4H3,(H2,41,57)(H2,42,58)(H,49,63)(H,50,64)(H,51,59)(H,52,62)(H,53,60)(H,54,61)(H4,43,44,47)(H4,45,46,48)/t23-,24-,25-,26-,27-,28-,30-/m0/s1. The first-order valence-corrected chi connectivity index (χ1v) is 20.6. The van der Waals surface area contributed by atoms with Crippen LogP contribution in [0.4, 0.5) is 0 Å². The van der Waals surface area contributed by atoms with Gasteiger partial charge in [-0.15, -0.1) is 0 Å². The van der Waals surface area contributed by atoms with E-state index in [1.165, 1.54) is 24.3 Å². The Kier molecular flexibility index (Phi) is 24.2. The summed E-state index contributed by atoms with van der Waals surface area (Å²) in [6, 6.07) is -3.73. The molecule has 0 radical (unpaired) electrons. The number of guanidine groups is 2. The Balaban J connectivity index is 3.56. The van der Waals surface area contributed by atoms with Gasteiger partial charge in [0.05, 0.1) is 19.1 Å². The van der Waals surface area contributed by atoms with Gasteiger partial charge in [-0.2, -0.15) is 0 Å². The summed E-state index contributed by atoms with van der Waals surface area (Å²) in [6.45, 7) is 6.07. The fourth-order valence-corrected chi connectivity index (χ4v) is 5.99. The van der Waals surface area contributed by atoms with Crippen LogP contribution in [0.1, 0.15) is 71.8 Å². The number of carbonyl (C=O) groups excluding carboxylic acids is 8. The Morgan fingerprint density at radius 1 is 0.594 bits per heavy atom. The zero-order valence-electron chi connectivity index (χ0n) is 36.7. The van der Waals surface area contributed by atoms with Crippen LogP contribution in [0.25, 0.3) is 0 Å². The van der Waals surface area contributed by atoms with Crippen molar-refractivity contribution >= 4 is 59.2 Å². The third kappa shape index (κ3) is 21.4. The molecule has 0 bridgehead atoms. The molecule has 22 N–H and O–H groups in total. The van der Waals surface area contributed by atoms with Gasteiger partial charge in [-0.05, 0) is 61.6 Å². The smallest absolute Gasteiger partial charge is 0.243 e. The fraction of sp³-hybridized carbons (Fsp3) is 0.590. The van der Waals surface area contributed by atoms with Crippen molar-refractivity contribution in [3.05, 3.63) is 29.8 Å². The van der Waals surface area contributed by atoms with Crippen LogP contribution in [0.3, 0.4) is 0 Å². The molecule has 0 saturated heterocycles. The SMILES string of the molecule is CC(C)C[C@H](NC(=O)[C@@H](N)CC(N)=O)C(=O)N[C@@H](Cc1ccc(O)cc1)C(=O)N[C@@H](CCCN=C(N)N)C(=O)N[C@H](C(=O)N[C@@H](CCCN=C(N)N)C(=O)N[C@@H](CO)C(N)=O)C(C)C. The lowest BCUT2D eigenvalue weighted by Gasteiger charge is -2.29. The highest BCUT2D eigenvalue weighted by Crippen LogP contribution is 2.14. The van der Waals surface area contributed by atoms with Gasteiger partial charge in [0.1, 0.15) is 42.0 Å². The molecule has 0 aliphatic rings. The number of phenols is 1. The van der Waals surface area contributed by atoms with Gasteiger partial charge in [0.25, 0.3) is 0 Å². The van der Waals surface area contributed by atoms with Crippen LogP contribution in [-0.2, 0) is 44.8 Å². The van der Waals surface area contributed by atoms with E-state index in [2.05, 4.69) is 41.9 Å². The average molecular weight is 906 g/mol. The predicted octanol–water partition coefficient (Wildman–Crippen LogP) is -5.67. The molecule has 0 fully saturated rings. The molecule has 8 amide bonds. The maximum absolute atomic E-state index is 14.2. The van der Waals surface area contributed by atoms with E-state index in [1.54, 1.807) is 27.7 Å². The predicted molar refractivity (Wildman–Crippen MR) is 236 cm³/mol. The lowest BCUT2D eigenvalue weighted by atomic mass is 9.99. The molecule has 358 valence electrons. The minimum absolute atomic E-state index is 0.0367. The number of hydrogen-bond acceptors (Lipinski definition) is 13. The van der Waals surface area contributed by atoms with Crippen LogP contribution in [0.5, 0.6) is 5.75 Å². The van der Waals surface area contributed by atoms with Crippen molar-refractivity contribution in [3.63, 3.8) is 0 Å². The molecule has 0 spiro atoms. The number of benzene rings is 1. The molecular weight excluding hydrogens is 839 g/mol. The van der Waals surface area contributed by atoms with E-state index in [9.17, 15) is 48.6 Å². The van der Waals surface area contributed by atoms with Crippen molar-refractivity contribution in [3.8, 4) is 5.75 Å². The maximum Gasteiger partial charge on any atom is 0.243 e. The largest absolute Gasteiger partial charge is 0.508 e. The summed E-state index contributed by atoms with van der Waals surface area (Å²) in [5.74, 6) is -8.19. The number of aliphatic hydroxyl groups is 1. The van der Waals surface area contributed by atoms with E-state index in [-0.39, 0.29) is 75.2 Å². The van der Waals surface area contributed by atoms with Gasteiger partial charge in [-0.1, -0.05) is 39.8 Å². The molecule has 0 aliphatic heterocycles. The third-order valence-corrected chi connectivity index (χ3v) is 9.35.